The van der Waals surface area contributed by atoms with Crippen molar-refractivity contribution in [2.75, 3.05) is 11.4 Å². The number of aryl methyl sites for hydroxylation is 1. The van der Waals surface area contributed by atoms with Gasteiger partial charge < -0.3 is 19.2 Å². The molecule has 2 amide bonds. The number of fused-ring (bicyclic) bond motifs is 1. The summed E-state index contributed by atoms with van der Waals surface area (Å²) in [5, 5.41) is 2.86. The van der Waals surface area contributed by atoms with Crippen molar-refractivity contribution in [3.05, 3.63) is 39.9 Å². The Kier molecular flexibility index (Phi) is 8.74. The lowest BCUT2D eigenvalue weighted by Crippen LogP contribution is -2.37. The third kappa shape index (κ3) is 8.07. The van der Waals surface area contributed by atoms with Crippen LogP contribution >= 0.6 is 22.9 Å². The highest BCUT2D eigenvalue weighted by Gasteiger charge is 2.29. The molecule has 3 heterocycles. The van der Waals surface area contributed by atoms with Crippen LogP contribution in [0.15, 0.2) is 22.8 Å². The number of aromatic nitrogens is 2. The maximum atomic E-state index is 13.3. The minimum Gasteiger partial charge on any atom is -0.467 e. The first kappa shape index (κ1) is 28.7. The van der Waals surface area contributed by atoms with E-state index in [0.29, 0.717) is 30.1 Å². The fourth-order valence-corrected chi connectivity index (χ4v) is 5.10. The minimum absolute atomic E-state index is 0.0302. The van der Waals surface area contributed by atoms with Gasteiger partial charge in [0.1, 0.15) is 17.0 Å². The molecule has 1 N–H and O–H groups in total. The minimum atomic E-state index is -0.707. The predicted molar refractivity (Wildman–Crippen MR) is 145 cm³/mol. The number of carbonyl (C=O) groups excluding carboxylic acids is 2. The number of nitrogens with zero attached hydrogens (tertiary/aromatic N) is 3. The molecular weight excluding hydrogens is 516 g/mol. The number of hydrogen-bond donors (Lipinski definition) is 1. The van der Waals surface area contributed by atoms with Crippen molar-refractivity contribution in [3.63, 3.8) is 0 Å². The molecule has 0 aliphatic heterocycles. The fraction of sp³-hybridized carbons (Fsp3) is 0.538. The molecule has 0 saturated heterocycles. The zero-order chi connectivity index (χ0) is 27.5. The number of amides is 2. The van der Waals surface area contributed by atoms with Gasteiger partial charge in [-0.15, -0.1) is 11.3 Å². The van der Waals surface area contributed by atoms with Gasteiger partial charge in [0, 0.05) is 11.4 Å². The van der Waals surface area contributed by atoms with Gasteiger partial charge in [0.25, 0.3) is 0 Å². The molecule has 0 radical (unpaired) electrons. The Labute approximate surface area is 226 Å². The van der Waals surface area contributed by atoms with Crippen molar-refractivity contribution in [3.8, 4) is 0 Å². The zero-order valence-electron chi connectivity index (χ0n) is 22.6. The lowest BCUT2D eigenvalue weighted by Gasteiger charge is -2.26. The van der Waals surface area contributed by atoms with E-state index < -0.39 is 23.4 Å². The quantitative estimate of drug-likeness (QED) is 0.319. The molecular formula is C26H35ClN4O5S. The molecule has 202 valence electrons. The van der Waals surface area contributed by atoms with Crippen molar-refractivity contribution in [2.45, 2.75) is 79.6 Å². The number of nitrogens with one attached hydrogen (secondary N) is 1. The molecule has 0 saturated carbocycles. The fourth-order valence-electron chi connectivity index (χ4n) is 3.53. The van der Waals surface area contributed by atoms with E-state index in [0.717, 1.165) is 15.1 Å². The van der Waals surface area contributed by atoms with E-state index in [1.54, 1.807) is 39.2 Å². The van der Waals surface area contributed by atoms with Gasteiger partial charge in [-0.1, -0.05) is 6.92 Å². The van der Waals surface area contributed by atoms with E-state index in [9.17, 15) is 9.59 Å². The normalized spacial score (nSPS) is 12.9. The molecule has 37 heavy (non-hydrogen) atoms. The van der Waals surface area contributed by atoms with E-state index >= 15 is 0 Å². The SMILES string of the molecule is Cc1c(C[C@H](C)CNC(=O)OC(C)(C)C)sc2c(N(Cc3ccco3)C(=O)OC(C)(C)C)nc(Cl)nc12. The van der Waals surface area contributed by atoms with Crippen molar-refractivity contribution in [1.29, 1.82) is 0 Å². The smallest absolute Gasteiger partial charge is 0.416 e. The summed E-state index contributed by atoms with van der Waals surface area (Å²) in [7, 11) is 0. The van der Waals surface area contributed by atoms with Gasteiger partial charge in [-0.2, -0.15) is 4.98 Å². The molecule has 3 aromatic heterocycles. The molecule has 0 aliphatic rings. The molecule has 3 aromatic rings. The van der Waals surface area contributed by atoms with Crippen molar-refractivity contribution < 1.29 is 23.5 Å². The summed E-state index contributed by atoms with van der Waals surface area (Å²) >= 11 is 7.83. The van der Waals surface area contributed by atoms with Gasteiger partial charge in [0.05, 0.1) is 23.0 Å². The summed E-state index contributed by atoms with van der Waals surface area (Å²) in [6.45, 7) is 15.5. The van der Waals surface area contributed by atoms with Crippen LogP contribution < -0.4 is 10.2 Å². The van der Waals surface area contributed by atoms with Gasteiger partial charge >= 0.3 is 12.2 Å². The third-order valence-corrected chi connectivity index (χ3v) is 6.58. The Hall–Kier alpha value is -2.85. The second-order valence-corrected chi connectivity index (χ2v) is 12.4. The van der Waals surface area contributed by atoms with Crippen LogP contribution in [-0.4, -0.2) is 39.9 Å². The van der Waals surface area contributed by atoms with E-state index in [4.69, 9.17) is 25.5 Å². The molecule has 11 heteroatoms. The van der Waals surface area contributed by atoms with Crippen LogP contribution in [0.1, 0.15) is 64.7 Å². The molecule has 3 rings (SSSR count). The molecule has 9 nitrogen and oxygen atoms in total. The largest absolute Gasteiger partial charge is 0.467 e. The average Bonchev–Trinajstić information content (AvgIpc) is 3.36. The summed E-state index contributed by atoms with van der Waals surface area (Å²) in [6.07, 6.45) is 1.22. The Morgan fingerprint density at radius 3 is 2.43 bits per heavy atom. The Bertz CT molecular complexity index is 1240. The van der Waals surface area contributed by atoms with Crippen LogP contribution in [0.2, 0.25) is 5.28 Å². The van der Waals surface area contributed by atoms with Crippen LogP contribution in [-0.2, 0) is 22.4 Å². The Morgan fingerprint density at radius 1 is 1.16 bits per heavy atom. The monoisotopic (exact) mass is 550 g/mol. The highest BCUT2D eigenvalue weighted by molar-refractivity contribution is 7.19. The van der Waals surface area contributed by atoms with Gasteiger partial charge in [-0.25, -0.2) is 14.6 Å². The first-order chi connectivity index (χ1) is 17.1. The number of anilines is 1. The number of rotatable bonds is 7. The van der Waals surface area contributed by atoms with Crippen LogP contribution in [0.3, 0.4) is 0 Å². The lowest BCUT2D eigenvalue weighted by atomic mass is 10.0. The highest BCUT2D eigenvalue weighted by Crippen LogP contribution is 2.38. The lowest BCUT2D eigenvalue weighted by molar-refractivity contribution is 0.0518. The summed E-state index contributed by atoms with van der Waals surface area (Å²) in [5.41, 5.74) is 0.369. The summed E-state index contributed by atoms with van der Waals surface area (Å²) in [6, 6.07) is 3.53. The second kappa shape index (κ2) is 11.3. The second-order valence-electron chi connectivity index (χ2n) is 11.0. The van der Waals surface area contributed by atoms with E-state index in [1.165, 1.54) is 16.2 Å². The number of thiophene rings is 1. The first-order valence-corrected chi connectivity index (χ1v) is 13.3. The molecule has 0 unspecified atom stereocenters. The Morgan fingerprint density at radius 2 is 1.84 bits per heavy atom. The maximum Gasteiger partial charge on any atom is 0.416 e. The zero-order valence-corrected chi connectivity index (χ0v) is 24.2. The number of ether oxygens (including phenoxy) is 2. The molecule has 0 fully saturated rings. The van der Waals surface area contributed by atoms with Crippen molar-refractivity contribution in [2.24, 2.45) is 5.92 Å². The molecule has 0 aromatic carbocycles. The standard InChI is InChI=1S/C26H35ClN4O5S/c1-15(13-28-23(32)35-25(3,4)5)12-18-16(2)19-20(37-18)21(30-22(27)29-19)31(14-17-10-9-11-34-17)24(33)36-26(6,7)8/h9-11,15H,12-14H2,1-8H3,(H,28,32)/t15-/m0/s1. The molecule has 0 bridgehead atoms. The van der Waals surface area contributed by atoms with E-state index in [-0.39, 0.29) is 17.7 Å². The molecule has 0 spiro atoms. The van der Waals surface area contributed by atoms with Crippen molar-refractivity contribution >= 4 is 51.2 Å². The topological polar surface area (TPSA) is 107 Å². The molecule has 0 aliphatic carbocycles. The maximum absolute atomic E-state index is 13.3. The van der Waals surface area contributed by atoms with E-state index in [2.05, 4.69) is 15.3 Å². The number of furan rings is 1. The summed E-state index contributed by atoms with van der Waals surface area (Å²) < 4.78 is 17.2. The number of halogens is 1. The third-order valence-electron chi connectivity index (χ3n) is 5.11. The molecule has 1 atom stereocenters. The number of hydrogen-bond acceptors (Lipinski definition) is 8. The van der Waals surface area contributed by atoms with Gasteiger partial charge in [0.2, 0.25) is 5.28 Å². The van der Waals surface area contributed by atoms with Crippen molar-refractivity contribution in [1.82, 2.24) is 15.3 Å². The number of carbonyl (C=O) groups is 2. The van der Waals surface area contributed by atoms with Gasteiger partial charge in [-0.3, -0.25) is 4.90 Å². The highest BCUT2D eigenvalue weighted by atomic mass is 35.5. The Balaban J connectivity index is 1.91. The van der Waals surface area contributed by atoms with Gasteiger partial charge in [-0.05, 0) is 90.1 Å². The first-order valence-electron chi connectivity index (χ1n) is 12.1. The summed E-state index contributed by atoms with van der Waals surface area (Å²) in [5.74, 6) is 1.06. The van der Waals surface area contributed by atoms with Crippen LogP contribution in [0.25, 0.3) is 10.2 Å². The van der Waals surface area contributed by atoms with Crippen LogP contribution in [0.5, 0.6) is 0 Å². The predicted octanol–water partition coefficient (Wildman–Crippen LogP) is 6.89. The summed E-state index contributed by atoms with van der Waals surface area (Å²) in [4.78, 5) is 36.7. The van der Waals surface area contributed by atoms with Crippen LogP contribution in [0.4, 0.5) is 15.4 Å². The van der Waals surface area contributed by atoms with Gasteiger partial charge in [0.15, 0.2) is 5.82 Å². The number of alkyl carbamates (subject to hydrolysis) is 1. The van der Waals surface area contributed by atoms with Crippen LogP contribution in [0, 0.1) is 12.8 Å². The average molecular weight is 551 g/mol. The van der Waals surface area contributed by atoms with E-state index in [1.807, 2.05) is 34.6 Å².